The van der Waals surface area contributed by atoms with E-state index in [0.717, 1.165) is 95.8 Å². The van der Waals surface area contributed by atoms with Gasteiger partial charge in [0, 0.05) is 54.6 Å². The first-order valence-electron chi connectivity index (χ1n) is 17.6. The van der Waals surface area contributed by atoms with Crippen LogP contribution in [-0.4, -0.2) is 82.9 Å². The number of nitrogens with zero attached hydrogens (tertiary/aromatic N) is 6. The number of piperidine rings is 2. The summed E-state index contributed by atoms with van der Waals surface area (Å²) in [7, 11) is -1.09. The molecule has 0 saturated carbocycles. The molecule has 5 aromatic rings. The third kappa shape index (κ3) is 4.96. The van der Waals surface area contributed by atoms with Crippen molar-refractivity contribution in [3.63, 3.8) is 0 Å². The number of amides is 1. The van der Waals surface area contributed by atoms with E-state index in [2.05, 4.69) is 73.3 Å². The molecule has 3 saturated heterocycles. The Morgan fingerprint density at radius 3 is 2.28 bits per heavy atom. The van der Waals surface area contributed by atoms with Gasteiger partial charge < -0.3 is 14.8 Å². The monoisotopic (exact) mass is 687 g/mol. The van der Waals surface area contributed by atoms with Crippen LogP contribution < -0.4 is 9.80 Å². The lowest BCUT2D eigenvalue weighted by atomic mass is 9.69. The maximum Gasteiger partial charge on any atom is 0.237 e. The van der Waals surface area contributed by atoms with Gasteiger partial charge in [-0.25, -0.2) is 23.4 Å². The van der Waals surface area contributed by atoms with Crippen molar-refractivity contribution in [3.8, 4) is 22.4 Å². The summed E-state index contributed by atoms with van der Waals surface area (Å²) in [4.78, 5) is 38.6. The molecule has 11 heteroatoms. The van der Waals surface area contributed by atoms with Gasteiger partial charge in [0.05, 0.1) is 28.2 Å². The molecule has 2 atom stereocenters. The number of aromatic nitrogens is 4. The van der Waals surface area contributed by atoms with Crippen LogP contribution in [0.25, 0.3) is 33.4 Å². The number of sulfone groups is 1. The molecule has 256 valence electrons. The van der Waals surface area contributed by atoms with Crippen LogP contribution in [0.15, 0.2) is 79.4 Å². The average Bonchev–Trinajstić information content (AvgIpc) is 3.72. The second-order valence-corrected chi connectivity index (χ2v) is 17.0. The van der Waals surface area contributed by atoms with Gasteiger partial charge in [-0.15, -0.1) is 0 Å². The minimum atomic E-state index is -3.00. The van der Waals surface area contributed by atoms with Crippen LogP contribution in [0.1, 0.15) is 49.7 Å². The summed E-state index contributed by atoms with van der Waals surface area (Å²) in [5.74, 6) is 1.10. The highest BCUT2D eigenvalue weighted by atomic mass is 32.2. The number of aromatic amines is 1. The largest absolute Gasteiger partial charge is 0.350 e. The van der Waals surface area contributed by atoms with Crippen molar-refractivity contribution in [2.45, 2.75) is 67.8 Å². The van der Waals surface area contributed by atoms with E-state index in [1.165, 1.54) is 11.8 Å². The summed E-state index contributed by atoms with van der Waals surface area (Å²) in [6.45, 7) is 2.35. The summed E-state index contributed by atoms with van der Waals surface area (Å²) in [5.41, 5.74) is 7.54. The third-order valence-electron chi connectivity index (χ3n) is 11.8. The lowest BCUT2D eigenvalue weighted by Crippen LogP contribution is -2.53. The van der Waals surface area contributed by atoms with E-state index in [-0.39, 0.29) is 23.2 Å². The Bertz CT molecular complexity index is 2180. The first-order chi connectivity index (χ1) is 24.2. The number of pyridine rings is 1. The van der Waals surface area contributed by atoms with Crippen LogP contribution in [0.3, 0.4) is 0 Å². The SMILES string of the molecule is CN1C(=O)C2(CC3CCC(C2)N3c2ccncn2)c2c1cnc1[nH]c(-c3ccc(CN4CCC(S(C)(=O)=O)CC4)cc3)c(-c3ccccc3)c21. The average molecular weight is 688 g/mol. The first-order valence-corrected chi connectivity index (χ1v) is 19.6. The number of fused-ring (bicyclic) bond motifs is 6. The molecular formula is C39H41N7O3S. The van der Waals surface area contributed by atoms with Gasteiger partial charge in [0.1, 0.15) is 27.6 Å². The molecule has 4 aliphatic heterocycles. The highest BCUT2D eigenvalue weighted by Crippen LogP contribution is 2.57. The van der Waals surface area contributed by atoms with Crippen molar-refractivity contribution in [2.75, 3.05) is 36.2 Å². The lowest BCUT2D eigenvalue weighted by Gasteiger charge is -2.44. The fourth-order valence-corrected chi connectivity index (χ4v) is 10.6. The van der Waals surface area contributed by atoms with Gasteiger partial charge in [-0.1, -0.05) is 54.6 Å². The number of benzene rings is 2. The fraction of sp³-hybridized carbons (Fsp3) is 0.385. The smallest absolute Gasteiger partial charge is 0.237 e. The van der Waals surface area contributed by atoms with Gasteiger partial charge in [-0.3, -0.25) is 9.69 Å². The normalized spacial score (nSPS) is 24.1. The van der Waals surface area contributed by atoms with Crippen molar-refractivity contribution in [2.24, 2.45) is 0 Å². The lowest BCUT2D eigenvalue weighted by molar-refractivity contribution is -0.124. The van der Waals surface area contributed by atoms with Crippen LogP contribution in [0.4, 0.5) is 11.5 Å². The Morgan fingerprint density at radius 2 is 1.62 bits per heavy atom. The van der Waals surface area contributed by atoms with Crippen LogP contribution in [0.2, 0.25) is 0 Å². The number of hydrogen-bond donors (Lipinski definition) is 1. The highest BCUT2D eigenvalue weighted by Gasteiger charge is 2.59. The van der Waals surface area contributed by atoms with Gasteiger partial charge >= 0.3 is 0 Å². The summed E-state index contributed by atoms with van der Waals surface area (Å²) < 4.78 is 24.1. The second kappa shape index (κ2) is 11.7. The molecule has 0 radical (unpaired) electrons. The van der Waals surface area contributed by atoms with Gasteiger partial charge in [0.25, 0.3) is 0 Å². The first kappa shape index (κ1) is 31.4. The van der Waals surface area contributed by atoms with E-state index in [4.69, 9.17) is 4.98 Å². The number of nitrogens with one attached hydrogen (secondary N) is 1. The Morgan fingerprint density at radius 1 is 0.900 bits per heavy atom. The zero-order chi connectivity index (χ0) is 34.2. The minimum Gasteiger partial charge on any atom is -0.350 e. The maximum absolute atomic E-state index is 14.5. The number of likely N-dealkylation sites (N-methyl/N-ethyl adjacent to an activating group) is 1. The van der Waals surface area contributed by atoms with Gasteiger partial charge in [-0.05, 0) is 74.4 Å². The van der Waals surface area contributed by atoms with E-state index >= 15 is 0 Å². The quantitative estimate of drug-likeness (QED) is 0.240. The van der Waals surface area contributed by atoms with Gasteiger partial charge in [-0.2, -0.15) is 0 Å². The standard InChI is InChI=1S/C39H41N7O3S/c1-44-31-22-41-37-34(35(31)39(38(44)47)20-28-12-13-29(21-39)46(28)32-14-17-40-24-42-32)33(26-6-4-3-5-7-26)36(43-37)27-10-8-25(9-11-27)23-45-18-15-30(16-19-45)50(2,48)49/h3-11,14,17,22,24,28-30H,12-13,15-16,18-21,23H2,1-2H3,(H,41,43). The van der Waals surface area contributed by atoms with Crippen LogP contribution >= 0.6 is 0 Å². The van der Waals surface area contributed by atoms with Crippen LogP contribution in [0.5, 0.6) is 0 Å². The second-order valence-electron chi connectivity index (χ2n) is 14.7. The predicted molar refractivity (Wildman–Crippen MR) is 196 cm³/mol. The number of anilines is 2. The van der Waals surface area contributed by atoms with Crippen molar-refractivity contribution >= 4 is 38.3 Å². The zero-order valence-corrected chi connectivity index (χ0v) is 29.2. The van der Waals surface area contributed by atoms with Crippen molar-refractivity contribution < 1.29 is 13.2 Å². The van der Waals surface area contributed by atoms with E-state index in [1.54, 1.807) is 12.5 Å². The summed E-state index contributed by atoms with van der Waals surface area (Å²) in [6, 6.07) is 21.6. The zero-order valence-electron chi connectivity index (χ0n) is 28.4. The molecule has 2 unspecified atom stereocenters. The summed E-state index contributed by atoms with van der Waals surface area (Å²) >= 11 is 0. The molecule has 3 aromatic heterocycles. The molecule has 7 heterocycles. The molecule has 2 aromatic carbocycles. The number of hydrogen-bond acceptors (Lipinski definition) is 8. The molecular weight excluding hydrogens is 647 g/mol. The van der Waals surface area contributed by atoms with Crippen LogP contribution in [0, 0.1) is 0 Å². The number of carbonyl (C=O) groups excluding carboxylic acids is 1. The Hall–Kier alpha value is -4.61. The van der Waals surface area contributed by atoms with Gasteiger partial charge in [0.15, 0.2) is 0 Å². The Labute approximate surface area is 292 Å². The Balaban J connectivity index is 1.12. The molecule has 2 bridgehead atoms. The minimum absolute atomic E-state index is 0.160. The molecule has 4 aliphatic rings. The van der Waals surface area contributed by atoms with E-state index < -0.39 is 15.3 Å². The van der Waals surface area contributed by atoms with Crippen LogP contribution in [-0.2, 0) is 26.6 Å². The molecule has 1 N–H and O–H groups in total. The van der Waals surface area contributed by atoms with E-state index in [9.17, 15) is 13.2 Å². The predicted octanol–water partition coefficient (Wildman–Crippen LogP) is 5.74. The molecule has 0 aliphatic carbocycles. The highest BCUT2D eigenvalue weighted by molar-refractivity contribution is 7.91. The summed E-state index contributed by atoms with van der Waals surface area (Å²) in [5, 5.41) is 0.805. The number of H-pyrrole nitrogens is 1. The number of carbonyl (C=O) groups is 1. The van der Waals surface area contributed by atoms with Crippen molar-refractivity contribution in [1.29, 1.82) is 0 Å². The fourth-order valence-electron chi connectivity index (χ4n) is 9.50. The number of likely N-dealkylation sites (tertiary alicyclic amines) is 1. The molecule has 3 fully saturated rings. The molecule has 10 nitrogen and oxygen atoms in total. The van der Waals surface area contributed by atoms with E-state index in [1.807, 2.05) is 30.3 Å². The third-order valence-corrected chi connectivity index (χ3v) is 13.5. The van der Waals surface area contributed by atoms with Crippen molar-refractivity contribution in [3.05, 3.63) is 90.5 Å². The van der Waals surface area contributed by atoms with E-state index in [0.29, 0.717) is 12.8 Å². The summed E-state index contributed by atoms with van der Waals surface area (Å²) in [6.07, 6.45) is 11.5. The van der Waals surface area contributed by atoms with Crippen molar-refractivity contribution in [1.82, 2.24) is 24.8 Å². The van der Waals surface area contributed by atoms with Gasteiger partial charge in [0.2, 0.25) is 5.91 Å². The Kier molecular flexibility index (Phi) is 7.36. The number of rotatable bonds is 6. The molecule has 1 amide bonds. The topological polar surface area (TPSA) is 115 Å². The molecule has 9 rings (SSSR count). The molecule has 50 heavy (non-hydrogen) atoms. The maximum atomic E-state index is 14.5. The molecule has 1 spiro atoms.